The van der Waals surface area contributed by atoms with Crippen LogP contribution in [0, 0.1) is 0 Å². The molecule has 0 spiro atoms. The quantitative estimate of drug-likeness (QED) is 0.737. The summed E-state index contributed by atoms with van der Waals surface area (Å²) in [6, 6.07) is 12.4. The summed E-state index contributed by atoms with van der Waals surface area (Å²) in [6.45, 7) is 0.125. The van der Waals surface area contributed by atoms with Gasteiger partial charge in [0.15, 0.2) is 0 Å². The van der Waals surface area contributed by atoms with E-state index >= 15 is 0 Å². The van der Waals surface area contributed by atoms with E-state index in [0.717, 1.165) is 4.88 Å². The first-order chi connectivity index (χ1) is 8.86. The third-order valence-electron chi connectivity index (χ3n) is 2.78. The molecule has 0 amide bonds. The molecule has 3 heteroatoms. The highest BCUT2D eigenvalue weighted by molar-refractivity contribution is 7.17. The molecule has 2 heterocycles. The molecule has 0 saturated heterocycles. The Kier molecular flexibility index (Phi) is 3.28. The van der Waals surface area contributed by atoms with Crippen LogP contribution in [0.3, 0.4) is 0 Å². The van der Waals surface area contributed by atoms with Crippen LogP contribution in [0.1, 0.15) is 15.3 Å². The Morgan fingerprint density at radius 2 is 1.94 bits per heavy atom. The maximum absolute atomic E-state index is 9.03. The number of aliphatic hydroxyl groups excluding tert-OH is 1. The Morgan fingerprint density at radius 3 is 2.78 bits per heavy atom. The summed E-state index contributed by atoms with van der Waals surface area (Å²) in [4.78, 5) is 2.18. The average Bonchev–Trinajstić information content (AvgIpc) is 3.03. The minimum Gasteiger partial charge on any atom is -0.391 e. The number of fused-ring (bicyclic) bond motifs is 1. The Labute approximate surface area is 114 Å². The molecule has 1 nitrogen and oxygen atoms in total. The highest BCUT2D eigenvalue weighted by Gasteiger charge is 2.00. The predicted molar refractivity (Wildman–Crippen MR) is 81.0 cm³/mol. The molecule has 0 fully saturated rings. The second-order valence-electron chi connectivity index (χ2n) is 3.98. The van der Waals surface area contributed by atoms with E-state index in [1.54, 1.807) is 22.7 Å². The molecule has 0 aliphatic carbocycles. The molecular weight excluding hydrogens is 260 g/mol. The molecule has 3 rings (SSSR count). The summed E-state index contributed by atoms with van der Waals surface area (Å²) < 4.78 is 1.32. The van der Waals surface area contributed by atoms with Crippen LogP contribution in [0.5, 0.6) is 0 Å². The van der Waals surface area contributed by atoms with Gasteiger partial charge in [0.05, 0.1) is 6.61 Å². The highest BCUT2D eigenvalue weighted by atomic mass is 32.1. The van der Waals surface area contributed by atoms with E-state index < -0.39 is 0 Å². The van der Waals surface area contributed by atoms with E-state index in [4.69, 9.17) is 5.11 Å². The monoisotopic (exact) mass is 272 g/mol. The van der Waals surface area contributed by atoms with Crippen LogP contribution in [-0.2, 0) is 6.61 Å². The molecule has 18 heavy (non-hydrogen) atoms. The summed E-state index contributed by atoms with van der Waals surface area (Å²) >= 11 is 3.40. The van der Waals surface area contributed by atoms with Gasteiger partial charge in [-0.1, -0.05) is 24.3 Å². The number of aliphatic hydroxyl groups is 1. The van der Waals surface area contributed by atoms with Crippen molar-refractivity contribution in [3.63, 3.8) is 0 Å². The van der Waals surface area contributed by atoms with Gasteiger partial charge in [0, 0.05) is 14.5 Å². The number of hydrogen-bond acceptors (Lipinski definition) is 3. The number of rotatable bonds is 3. The van der Waals surface area contributed by atoms with E-state index in [1.165, 1.54) is 20.5 Å². The van der Waals surface area contributed by atoms with Crippen LogP contribution in [0.4, 0.5) is 0 Å². The molecule has 0 unspecified atom stereocenters. The van der Waals surface area contributed by atoms with E-state index in [2.05, 4.69) is 41.8 Å². The smallest absolute Gasteiger partial charge is 0.0774 e. The molecule has 90 valence electrons. The van der Waals surface area contributed by atoms with E-state index in [-0.39, 0.29) is 6.61 Å². The van der Waals surface area contributed by atoms with Crippen LogP contribution in [0.15, 0.2) is 41.8 Å². The zero-order valence-corrected chi connectivity index (χ0v) is 11.3. The van der Waals surface area contributed by atoms with E-state index in [1.807, 2.05) is 12.1 Å². The number of hydrogen-bond donors (Lipinski definition) is 1. The van der Waals surface area contributed by atoms with Gasteiger partial charge >= 0.3 is 0 Å². The van der Waals surface area contributed by atoms with Gasteiger partial charge in [-0.05, 0) is 40.6 Å². The largest absolute Gasteiger partial charge is 0.391 e. The molecule has 0 saturated carbocycles. The van der Waals surface area contributed by atoms with Gasteiger partial charge in [0.2, 0.25) is 0 Å². The second kappa shape index (κ2) is 5.06. The molecular formula is C15H12OS2. The molecule has 1 aromatic carbocycles. The van der Waals surface area contributed by atoms with Crippen molar-refractivity contribution in [2.45, 2.75) is 6.61 Å². The first kappa shape index (κ1) is 11.7. The van der Waals surface area contributed by atoms with Crippen LogP contribution < -0.4 is 0 Å². The van der Waals surface area contributed by atoms with Crippen molar-refractivity contribution in [1.29, 1.82) is 0 Å². The minimum atomic E-state index is 0.125. The lowest BCUT2D eigenvalue weighted by Gasteiger charge is -1.90. The van der Waals surface area contributed by atoms with Crippen molar-refractivity contribution in [3.05, 3.63) is 57.1 Å². The van der Waals surface area contributed by atoms with Gasteiger partial charge in [-0.25, -0.2) is 0 Å². The SMILES string of the molecule is OCc1ccc(/C=C/c2csc3ccccc23)s1. The molecule has 0 radical (unpaired) electrons. The maximum Gasteiger partial charge on any atom is 0.0774 e. The van der Waals surface area contributed by atoms with E-state index in [9.17, 15) is 0 Å². The van der Waals surface area contributed by atoms with Crippen LogP contribution >= 0.6 is 22.7 Å². The fraction of sp³-hybridized carbons (Fsp3) is 0.0667. The molecule has 2 aromatic heterocycles. The molecule has 1 N–H and O–H groups in total. The van der Waals surface area contributed by atoms with Gasteiger partial charge in [0.25, 0.3) is 0 Å². The fourth-order valence-electron chi connectivity index (χ4n) is 1.87. The summed E-state index contributed by atoms with van der Waals surface area (Å²) in [5, 5.41) is 12.5. The van der Waals surface area contributed by atoms with Crippen molar-refractivity contribution in [1.82, 2.24) is 0 Å². The standard InChI is InChI=1S/C15H12OS2/c16-9-13-8-7-12(18-13)6-5-11-10-17-15-4-2-1-3-14(11)15/h1-8,10,16H,9H2/b6-5+. The van der Waals surface area contributed by atoms with Crippen LogP contribution in [0.25, 0.3) is 22.2 Å². The van der Waals surface area contributed by atoms with Gasteiger partial charge in [-0.2, -0.15) is 0 Å². The first-order valence-electron chi connectivity index (χ1n) is 5.71. The number of benzene rings is 1. The molecule has 0 aliphatic rings. The maximum atomic E-state index is 9.03. The third-order valence-corrected chi connectivity index (χ3v) is 4.79. The molecule has 0 bridgehead atoms. The summed E-state index contributed by atoms with van der Waals surface area (Å²) in [5.41, 5.74) is 1.26. The Morgan fingerprint density at radius 1 is 1.06 bits per heavy atom. The summed E-state index contributed by atoms with van der Waals surface area (Å²) in [7, 11) is 0. The second-order valence-corrected chi connectivity index (χ2v) is 6.09. The lowest BCUT2D eigenvalue weighted by Crippen LogP contribution is -1.70. The lowest BCUT2D eigenvalue weighted by molar-refractivity contribution is 0.285. The minimum absolute atomic E-state index is 0.125. The lowest BCUT2D eigenvalue weighted by atomic mass is 10.1. The van der Waals surface area contributed by atoms with Crippen molar-refractivity contribution in [2.75, 3.05) is 0 Å². The molecule has 3 aromatic rings. The van der Waals surface area contributed by atoms with Crippen molar-refractivity contribution >= 4 is 44.9 Å². The van der Waals surface area contributed by atoms with Crippen molar-refractivity contribution in [2.24, 2.45) is 0 Å². The zero-order valence-electron chi connectivity index (χ0n) is 9.67. The first-order valence-corrected chi connectivity index (χ1v) is 7.40. The fourth-order valence-corrected chi connectivity index (χ4v) is 3.57. The highest BCUT2D eigenvalue weighted by Crippen LogP contribution is 2.27. The van der Waals surface area contributed by atoms with Crippen molar-refractivity contribution in [3.8, 4) is 0 Å². The third kappa shape index (κ3) is 2.25. The van der Waals surface area contributed by atoms with Gasteiger partial charge in [0.1, 0.15) is 0 Å². The molecule has 0 aliphatic heterocycles. The Bertz CT molecular complexity index is 691. The summed E-state index contributed by atoms with van der Waals surface area (Å²) in [6.07, 6.45) is 4.25. The van der Waals surface area contributed by atoms with Crippen LogP contribution in [-0.4, -0.2) is 5.11 Å². The normalized spacial score (nSPS) is 11.6. The topological polar surface area (TPSA) is 20.2 Å². The van der Waals surface area contributed by atoms with Gasteiger partial charge in [-0.15, -0.1) is 22.7 Å². The van der Waals surface area contributed by atoms with Gasteiger partial charge in [-0.3, -0.25) is 0 Å². The Balaban J connectivity index is 1.91. The molecule has 0 atom stereocenters. The van der Waals surface area contributed by atoms with E-state index in [0.29, 0.717) is 0 Å². The van der Waals surface area contributed by atoms with Gasteiger partial charge < -0.3 is 5.11 Å². The van der Waals surface area contributed by atoms with Crippen molar-refractivity contribution < 1.29 is 5.11 Å². The number of thiophene rings is 2. The summed E-state index contributed by atoms with van der Waals surface area (Å²) in [5.74, 6) is 0. The Hall–Kier alpha value is -1.42. The average molecular weight is 272 g/mol. The predicted octanol–water partition coefficient (Wildman–Crippen LogP) is 4.63. The van der Waals surface area contributed by atoms with Crippen LogP contribution in [0.2, 0.25) is 0 Å². The zero-order chi connectivity index (χ0) is 12.4.